The number of ether oxygens (including phenoxy) is 1. The minimum absolute atomic E-state index is 0.664. The molecule has 0 amide bonds. The normalized spacial score (nSPS) is 10.7. The molecule has 0 aliphatic heterocycles. The quantitative estimate of drug-likeness (QED) is 0.551. The summed E-state index contributed by atoms with van der Waals surface area (Å²) in [6.07, 6.45) is 1.10. The Hall–Kier alpha value is -0.550. The van der Waals surface area contributed by atoms with Crippen LogP contribution in [-0.4, -0.2) is 6.54 Å². The summed E-state index contributed by atoms with van der Waals surface area (Å²) < 4.78 is 7.91. The highest BCUT2D eigenvalue weighted by Gasteiger charge is 2.09. The van der Waals surface area contributed by atoms with Crippen LogP contribution in [0.5, 0.6) is 11.5 Å². The summed E-state index contributed by atoms with van der Waals surface area (Å²) in [5.74, 6) is 1.53. The van der Waals surface area contributed by atoms with E-state index in [1.54, 1.807) is 0 Å². The molecule has 2 aromatic rings. The second-order valence-electron chi connectivity index (χ2n) is 4.61. The maximum Gasteiger partial charge on any atom is 0.141 e. The summed E-state index contributed by atoms with van der Waals surface area (Å²) in [6.45, 7) is 3.88. The lowest BCUT2D eigenvalue weighted by atomic mass is 10.2. The summed E-state index contributed by atoms with van der Waals surface area (Å²) >= 11 is 13.0. The van der Waals surface area contributed by atoms with E-state index in [0.717, 1.165) is 45.5 Å². The maximum atomic E-state index is 6.09. The fourth-order valence-electron chi connectivity index (χ4n) is 1.85. The number of rotatable bonds is 6. The molecule has 0 radical (unpaired) electrons. The number of benzene rings is 2. The first-order valence-electron chi connectivity index (χ1n) is 6.72. The van der Waals surface area contributed by atoms with Crippen LogP contribution in [0.2, 0.25) is 5.02 Å². The van der Waals surface area contributed by atoms with Gasteiger partial charge in [-0.3, -0.25) is 0 Å². The van der Waals surface area contributed by atoms with E-state index in [0.29, 0.717) is 5.02 Å². The summed E-state index contributed by atoms with van der Waals surface area (Å²) in [7, 11) is 0. The van der Waals surface area contributed by atoms with Gasteiger partial charge in [-0.1, -0.05) is 40.5 Å². The van der Waals surface area contributed by atoms with Crippen molar-refractivity contribution in [3.05, 3.63) is 55.9 Å². The predicted molar refractivity (Wildman–Crippen MR) is 95.4 cm³/mol. The zero-order valence-electron chi connectivity index (χ0n) is 11.6. The van der Waals surface area contributed by atoms with Crippen molar-refractivity contribution in [2.75, 3.05) is 6.54 Å². The van der Waals surface area contributed by atoms with E-state index >= 15 is 0 Å². The van der Waals surface area contributed by atoms with Crippen LogP contribution in [0.1, 0.15) is 18.9 Å². The lowest BCUT2D eigenvalue weighted by molar-refractivity contribution is 0.470. The number of nitrogens with one attached hydrogen (secondary N) is 1. The second-order valence-corrected chi connectivity index (χ2v) is 6.81. The lowest BCUT2D eigenvalue weighted by Gasteiger charge is -2.13. The van der Waals surface area contributed by atoms with Crippen molar-refractivity contribution in [1.29, 1.82) is 0 Å². The van der Waals surface area contributed by atoms with E-state index in [-0.39, 0.29) is 0 Å². The van der Waals surface area contributed by atoms with Gasteiger partial charge >= 0.3 is 0 Å². The van der Waals surface area contributed by atoms with Crippen LogP contribution in [0, 0.1) is 0 Å². The van der Waals surface area contributed by atoms with Crippen LogP contribution in [0.25, 0.3) is 0 Å². The number of halogens is 3. The van der Waals surface area contributed by atoms with Crippen molar-refractivity contribution < 1.29 is 4.74 Å². The Balaban J connectivity index is 2.22. The molecule has 0 aromatic heterocycles. The zero-order chi connectivity index (χ0) is 15.2. The van der Waals surface area contributed by atoms with Crippen LogP contribution < -0.4 is 10.1 Å². The lowest BCUT2D eigenvalue weighted by Crippen LogP contribution is -2.14. The van der Waals surface area contributed by atoms with Crippen LogP contribution in [0.15, 0.2) is 45.3 Å². The summed E-state index contributed by atoms with van der Waals surface area (Å²) in [5.41, 5.74) is 1.09. The van der Waals surface area contributed by atoms with E-state index in [1.807, 2.05) is 36.4 Å². The molecule has 0 atom stereocenters. The minimum atomic E-state index is 0.664. The van der Waals surface area contributed by atoms with Gasteiger partial charge < -0.3 is 10.1 Å². The average Bonchev–Trinajstić information content (AvgIpc) is 2.44. The van der Waals surface area contributed by atoms with Crippen LogP contribution in [-0.2, 0) is 6.54 Å². The Labute approximate surface area is 147 Å². The van der Waals surface area contributed by atoms with Gasteiger partial charge in [-0.15, -0.1) is 0 Å². The molecule has 112 valence electrons. The van der Waals surface area contributed by atoms with E-state index in [4.69, 9.17) is 16.3 Å². The zero-order valence-corrected chi connectivity index (χ0v) is 15.6. The highest BCUT2D eigenvalue weighted by molar-refractivity contribution is 9.11. The van der Waals surface area contributed by atoms with Crippen LogP contribution >= 0.6 is 43.5 Å². The Morgan fingerprint density at radius 3 is 2.62 bits per heavy atom. The van der Waals surface area contributed by atoms with Crippen molar-refractivity contribution in [3.63, 3.8) is 0 Å². The van der Waals surface area contributed by atoms with Gasteiger partial charge in [0.05, 0.1) is 4.47 Å². The monoisotopic (exact) mass is 431 g/mol. The van der Waals surface area contributed by atoms with Gasteiger partial charge in [0.2, 0.25) is 0 Å². The molecule has 5 heteroatoms. The summed E-state index contributed by atoms with van der Waals surface area (Å²) in [5, 5.41) is 4.04. The third-order valence-electron chi connectivity index (χ3n) is 2.89. The van der Waals surface area contributed by atoms with E-state index in [9.17, 15) is 0 Å². The highest BCUT2D eigenvalue weighted by atomic mass is 79.9. The molecule has 0 aliphatic rings. The fourth-order valence-corrected chi connectivity index (χ4v) is 3.14. The molecule has 2 aromatic carbocycles. The SMILES string of the molecule is CCCNCc1ccc(Cl)cc1Oc1ccc(Br)cc1Br. The topological polar surface area (TPSA) is 21.3 Å². The smallest absolute Gasteiger partial charge is 0.141 e. The standard InChI is InChI=1S/C16H16Br2ClNO/c1-2-7-20-10-11-3-5-13(19)9-16(11)21-15-6-4-12(17)8-14(15)18/h3-6,8-9,20H,2,7,10H2,1H3. The average molecular weight is 434 g/mol. The molecule has 2 rings (SSSR count). The minimum Gasteiger partial charge on any atom is -0.456 e. The predicted octanol–water partition coefficient (Wildman–Crippen LogP) is 6.16. The molecular formula is C16H16Br2ClNO. The number of hydrogen-bond acceptors (Lipinski definition) is 2. The van der Waals surface area contributed by atoms with E-state index in [2.05, 4.69) is 44.1 Å². The van der Waals surface area contributed by atoms with Crippen molar-refractivity contribution in [2.45, 2.75) is 19.9 Å². The molecule has 0 fully saturated rings. The van der Waals surface area contributed by atoms with Crippen molar-refractivity contribution in [3.8, 4) is 11.5 Å². The van der Waals surface area contributed by atoms with Gasteiger partial charge in [0.15, 0.2) is 0 Å². The van der Waals surface area contributed by atoms with Crippen molar-refractivity contribution in [1.82, 2.24) is 5.32 Å². The fraction of sp³-hybridized carbons (Fsp3) is 0.250. The van der Waals surface area contributed by atoms with Crippen molar-refractivity contribution in [2.24, 2.45) is 0 Å². The molecule has 0 saturated carbocycles. The molecule has 0 heterocycles. The van der Waals surface area contributed by atoms with Gasteiger partial charge in [0, 0.05) is 21.6 Å². The number of hydrogen-bond donors (Lipinski definition) is 1. The first-order chi connectivity index (χ1) is 10.1. The molecular weight excluding hydrogens is 417 g/mol. The molecule has 0 aliphatic carbocycles. The second kappa shape index (κ2) is 8.18. The van der Waals surface area contributed by atoms with E-state index < -0.39 is 0 Å². The molecule has 1 N–H and O–H groups in total. The molecule has 0 saturated heterocycles. The van der Waals surface area contributed by atoms with Gasteiger partial charge in [-0.05, 0) is 59.2 Å². The first kappa shape index (κ1) is 16.8. The van der Waals surface area contributed by atoms with Crippen molar-refractivity contribution >= 4 is 43.5 Å². The highest BCUT2D eigenvalue weighted by Crippen LogP contribution is 2.34. The third-order valence-corrected chi connectivity index (χ3v) is 4.23. The van der Waals surface area contributed by atoms with Gasteiger partial charge in [-0.25, -0.2) is 0 Å². The summed E-state index contributed by atoms with van der Waals surface area (Å²) in [4.78, 5) is 0. The Morgan fingerprint density at radius 2 is 1.90 bits per heavy atom. The van der Waals surface area contributed by atoms with Crippen LogP contribution in [0.3, 0.4) is 0 Å². The third kappa shape index (κ3) is 4.99. The first-order valence-corrected chi connectivity index (χ1v) is 8.68. The maximum absolute atomic E-state index is 6.09. The Kier molecular flexibility index (Phi) is 6.55. The van der Waals surface area contributed by atoms with Gasteiger partial charge in [0.1, 0.15) is 11.5 Å². The molecule has 0 spiro atoms. The largest absolute Gasteiger partial charge is 0.456 e. The molecule has 0 bridgehead atoms. The Morgan fingerprint density at radius 1 is 1.10 bits per heavy atom. The molecule has 2 nitrogen and oxygen atoms in total. The summed E-state index contributed by atoms with van der Waals surface area (Å²) in [6, 6.07) is 11.5. The van der Waals surface area contributed by atoms with Gasteiger partial charge in [-0.2, -0.15) is 0 Å². The van der Waals surface area contributed by atoms with Gasteiger partial charge in [0.25, 0.3) is 0 Å². The molecule has 0 unspecified atom stereocenters. The van der Waals surface area contributed by atoms with E-state index in [1.165, 1.54) is 0 Å². The molecule has 21 heavy (non-hydrogen) atoms. The Bertz CT molecular complexity index is 619. The van der Waals surface area contributed by atoms with Crippen LogP contribution in [0.4, 0.5) is 0 Å².